The Kier molecular flexibility index (Phi) is 40.7. The largest absolute Gasteiger partial charge is 0.394 e. The molecular weight excluding hydrogens is 1300 g/mol. The molecule has 3 fully saturated rings. The molecule has 0 spiro atoms. The van der Waals surface area contributed by atoms with Crippen LogP contribution in [0.4, 0.5) is 0 Å². The van der Waals surface area contributed by atoms with Gasteiger partial charge in [-0.25, -0.2) is 23.6 Å². The zero-order valence-corrected chi connectivity index (χ0v) is 55.5. The number of hydrogen-bond donors (Lipinski definition) is 19. The highest BCUT2D eigenvalue weighted by molar-refractivity contribution is 5.99. The molecule has 24 N–H and O–H groups in total. The van der Waals surface area contributed by atoms with Crippen LogP contribution >= 0.6 is 0 Å². The minimum Gasteiger partial charge on any atom is -0.394 e. The minimum absolute atomic E-state index is 0.00967. The van der Waals surface area contributed by atoms with E-state index in [0.29, 0.717) is 19.3 Å². The van der Waals surface area contributed by atoms with Gasteiger partial charge in [0.15, 0.2) is 0 Å². The van der Waals surface area contributed by atoms with Gasteiger partial charge in [-0.15, -0.1) is 0 Å². The first-order valence-electron chi connectivity index (χ1n) is 32.9. The highest BCUT2D eigenvalue weighted by Crippen LogP contribution is 2.22. The first kappa shape index (κ1) is 83.9. The summed E-state index contributed by atoms with van der Waals surface area (Å²) in [7, 11) is 0. The van der Waals surface area contributed by atoms with Gasteiger partial charge in [0.1, 0.15) is 80.8 Å². The summed E-state index contributed by atoms with van der Waals surface area (Å²) in [6.07, 6.45) is 2.58. The summed E-state index contributed by atoms with van der Waals surface area (Å²) in [5.74, 6) is 9.03. The van der Waals surface area contributed by atoms with Gasteiger partial charge in [0.25, 0.3) is 0 Å². The topological polar surface area (TPSA) is 606 Å². The molecular formula is C58H102N20O20. The van der Waals surface area contributed by atoms with Crippen molar-refractivity contribution in [2.24, 2.45) is 29.3 Å². The van der Waals surface area contributed by atoms with E-state index in [-0.39, 0.29) is 149 Å². The molecule has 554 valence electrons. The van der Waals surface area contributed by atoms with Gasteiger partial charge < -0.3 is 89.8 Å². The van der Waals surface area contributed by atoms with E-state index in [1.54, 1.807) is 0 Å². The van der Waals surface area contributed by atoms with Crippen LogP contribution < -0.4 is 98.4 Å². The summed E-state index contributed by atoms with van der Waals surface area (Å²) < 4.78 is 0. The second-order valence-corrected chi connectivity index (χ2v) is 23.7. The van der Waals surface area contributed by atoms with Crippen LogP contribution in [0.1, 0.15) is 129 Å². The standard InChI is InChI=1S/C58H102N20O20/c1-35-50(86)75-40(17-5-9-23-66-48(84)33-97-62)57(93)77-26-12-19-42(77)55(91)70-29-45(81)73-38(15-3-8-22-65-47(83)32-96-61)53(89)74-39(16-4-11-25-68-51(87)36(59)30-79)54(90)76-41(18-6-10-24-67-49(85)34-98-63)58(94)78-27-13-20-43(78)56(92)69-28-44(80)72-37(52(88)71-35)14-2-7-21-64-46(82)31-95-60/h35-43,79H,2-34,59-63H2,1H3,(H,64,82)(H,65,83)(H,66,84)(H,67,85)(H,68,87)(H,69,92)(H,70,91)(H,71,88)(H,72,80)(H,73,81)(H,74,89)(H,75,86)(H,76,90)/t35-,36+,37-,38-,39+,40-,41-,42+,43+/m1/s1. The molecule has 9 atom stereocenters. The third-order valence-corrected chi connectivity index (χ3v) is 16.0. The number of nitrogens with zero attached hydrogens (tertiary/aromatic N) is 2. The first-order valence-corrected chi connectivity index (χ1v) is 32.9. The minimum atomic E-state index is -1.47. The molecule has 3 saturated heterocycles. The summed E-state index contributed by atoms with van der Waals surface area (Å²) in [6, 6.07) is -12.0. The lowest BCUT2D eigenvalue weighted by atomic mass is 10.0. The lowest BCUT2D eigenvalue weighted by Crippen LogP contribution is -2.59. The van der Waals surface area contributed by atoms with Gasteiger partial charge in [0.05, 0.1) is 19.7 Å². The Hall–Kier alpha value is -8.35. The molecule has 3 aliphatic heterocycles. The van der Waals surface area contributed by atoms with Gasteiger partial charge >= 0.3 is 0 Å². The molecule has 98 heavy (non-hydrogen) atoms. The zero-order chi connectivity index (χ0) is 72.4. The molecule has 40 heteroatoms. The highest BCUT2D eigenvalue weighted by atomic mass is 16.6. The Morgan fingerprint density at radius 1 is 0.439 bits per heavy atom. The van der Waals surface area contributed by atoms with E-state index < -0.39 is 189 Å². The number of fused-ring (bicyclic) bond motifs is 2. The average molecular weight is 1400 g/mol. The van der Waals surface area contributed by atoms with Crippen molar-refractivity contribution < 1.29 is 96.4 Å². The summed E-state index contributed by atoms with van der Waals surface area (Å²) in [5.41, 5.74) is 5.65. The molecule has 0 aromatic carbocycles. The fourth-order valence-electron chi connectivity index (χ4n) is 10.8. The van der Waals surface area contributed by atoms with E-state index >= 15 is 0 Å². The molecule has 15 amide bonds. The van der Waals surface area contributed by atoms with Crippen LogP contribution in [0.2, 0.25) is 0 Å². The van der Waals surface area contributed by atoms with Gasteiger partial charge in [-0.3, -0.25) is 91.3 Å². The van der Waals surface area contributed by atoms with Crippen LogP contribution in [0.5, 0.6) is 0 Å². The van der Waals surface area contributed by atoms with Crippen LogP contribution in [0, 0.1) is 0 Å². The number of nitrogens with one attached hydrogen (secondary N) is 13. The fraction of sp³-hybridized carbons (Fsp3) is 0.741. The summed E-state index contributed by atoms with van der Waals surface area (Å²) in [6.45, 7) is -2.02. The molecule has 0 saturated carbocycles. The predicted octanol–water partition coefficient (Wildman–Crippen LogP) is -9.54. The molecule has 0 aliphatic carbocycles. The summed E-state index contributed by atoms with van der Waals surface area (Å²) in [4.78, 5) is 224. The number of rotatable bonds is 35. The Bertz CT molecular complexity index is 2650. The molecule has 40 nitrogen and oxygen atoms in total. The van der Waals surface area contributed by atoms with E-state index in [1.165, 1.54) is 16.7 Å². The third kappa shape index (κ3) is 31.9. The van der Waals surface area contributed by atoms with Crippen molar-refractivity contribution in [2.45, 2.75) is 183 Å². The number of aliphatic hydroxyl groups is 1. The normalized spacial score (nSPS) is 22.4. The Labute approximate surface area is 566 Å². The van der Waals surface area contributed by atoms with Gasteiger partial charge in [-0.2, -0.15) is 0 Å². The fourth-order valence-corrected chi connectivity index (χ4v) is 10.8. The van der Waals surface area contributed by atoms with Crippen LogP contribution in [0.25, 0.3) is 0 Å². The number of unbranched alkanes of at least 4 members (excludes halogenated alkanes) is 5. The summed E-state index contributed by atoms with van der Waals surface area (Å²) >= 11 is 0. The van der Waals surface area contributed by atoms with Gasteiger partial charge in [0.2, 0.25) is 88.6 Å². The molecule has 3 aliphatic rings. The molecule has 3 rings (SSSR count). The van der Waals surface area contributed by atoms with E-state index in [2.05, 4.69) is 88.5 Å². The molecule has 3 heterocycles. The molecule has 0 bridgehead atoms. The maximum Gasteiger partial charge on any atom is 0.248 e. The monoisotopic (exact) mass is 1400 g/mol. The van der Waals surface area contributed by atoms with Crippen molar-refractivity contribution in [1.82, 2.24) is 78.9 Å². The molecule has 0 unspecified atom stereocenters. The lowest BCUT2D eigenvalue weighted by molar-refractivity contribution is -0.142. The van der Waals surface area contributed by atoms with Gasteiger partial charge in [-0.1, -0.05) is 0 Å². The highest BCUT2D eigenvalue weighted by Gasteiger charge is 2.41. The zero-order valence-electron chi connectivity index (χ0n) is 55.5. The van der Waals surface area contributed by atoms with Gasteiger partial charge in [0, 0.05) is 45.8 Å². The van der Waals surface area contributed by atoms with Crippen molar-refractivity contribution in [3.63, 3.8) is 0 Å². The SMILES string of the molecule is C[C@H]1NC(=O)[C@@H](CCCCNC(=O)CON)NC(=O)CNC(=O)[C@@H]2CCCN2C(=O)[C@@H](CCCCNC(=O)CON)NC(=O)[C@H](CCCCNC(=O)[C@@H](N)CO)NC(=O)[C@@H](CCCCNC(=O)CON)NC(=O)CNC(=O)[C@@H]2CCCN2C(=O)[C@@H](CCCCNC(=O)CON)NC1=O. The number of carbonyl (C=O) groups is 15. The van der Waals surface area contributed by atoms with Crippen LogP contribution in [0.15, 0.2) is 0 Å². The van der Waals surface area contributed by atoms with Crippen LogP contribution in [-0.2, 0) is 91.3 Å². The number of amides is 15. The predicted molar refractivity (Wildman–Crippen MR) is 343 cm³/mol. The maximum absolute atomic E-state index is 14.8. The number of aliphatic hydroxyl groups excluding tert-OH is 1. The lowest BCUT2D eigenvalue weighted by Gasteiger charge is -2.30. The van der Waals surface area contributed by atoms with E-state index in [1.807, 2.05) is 0 Å². The molecule has 0 aromatic heterocycles. The van der Waals surface area contributed by atoms with Crippen molar-refractivity contribution in [2.75, 3.05) is 91.9 Å². The van der Waals surface area contributed by atoms with Crippen LogP contribution in [-0.4, -0.2) is 250 Å². The third-order valence-electron chi connectivity index (χ3n) is 16.0. The van der Waals surface area contributed by atoms with E-state index in [4.69, 9.17) is 29.3 Å². The van der Waals surface area contributed by atoms with Gasteiger partial charge in [-0.05, 0) is 129 Å². The number of hydrogen-bond acceptors (Lipinski definition) is 25. The molecule has 0 aromatic rings. The maximum atomic E-state index is 14.8. The first-order chi connectivity index (χ1) is 47.0. The Morgan fingerprint density at radius 3 is 1.09 bits per heavy atom. The second-order valence-electron chi connectivity index (χ2n) is 23.7. The van der Waals surface area contributed by atoms with Crippen molar-refractivity contribution in [1.29, 1.82) is 0 Å². The van der Waals surface area contributed by atoms with Crippen molar-refractivity contribution >= 4 is 88.6 Å². The van der Waals surface area contributed by atoms with Crippen LogP contribution in [0.3, 0.4) is 0 Å². The molecule has 0 radical (unpaired) electrons. The van der Waals surface area contributed by atoms with Crippen molar-refractivity contribution in [3.8, 4) is 0 Å². The number of nitrogens with two attached hydrogens (primary N) is 5. The quantitative estimate of drug-likeness (QED) is 0.0207. The van der Waals surface area contributed by atoms with E-state index in [9.17, 15) is 77.0 Å². The van der Waals surface area contributed by atoms with Crippen molar-refractivity contribution in [3.05, 3.63) is 0 Å². The Morgan fingerprint density at radius 2 is 0.745 bits per heavy atom. The number of carbonyl (C=O) groups excluding carboxylic acids is 15. The average Bonchev–Trinajstić information content (AvgIpc) is 1.65. The smallest absolute Gasteiger partial charge is 0.248 e. The van der Waals surface area contributed by atoms with E-state index in [0.717, 1.165) is 0 Å². The second kappa shape index (κ2) is 47.6. The Balaban J connectivity index is 2.13. The summed E-state index contributed by atoms with van der Waals surface area (Å²) in [5, 5.41) is 43.2.